The Morgan fingerprint density at radius 3 is 2.55 bits per heavy atom. The Hall–Kier alpha value is -1.31. The maximum Gasteiger partial charge on any atom is 0.573 e. The number of aliphatic hydroxyl groups excluding tert-OH is 1. The normalized spacial score (nSPS) is 13.2. The molecule has 0 radical (unpaired) electrons. The van der Waals surface area contributed by atoms with E-state index in [0.717, 1.165) is 6.42 Å². The maximum atomic E-state index is 12.3. The summed E-state index contributed by atoms with van der Waals surface area (Å²) in [5.41, 5.74) is 5.98. The second-order valence-electron chi connectivity index (χ2n) is 4.26. The van der Waals surface area contributed by atoms with E-state index in [1.165, 1.54) is 12.1 Å². The standard InChI is InChI=1S/C13H19F3N2O2/c14-13(15,16)20-12-6-2-1-5-10(12)11(9-17)18-7-3-4-8-19/h1-2,5-6,11,18-19H,3-4,7-9,17H2. The molecule has 0 aliphatic rings. The molecule has 0 aliphatic carbocycles. The summed E-state index contributed by atoms with van der Waals surface area (Å²) in [6, 6.07) is 5.51. The van der Waals surface area contributed by atoms with E-state index < -0.39 is 12.4 Å². The van der Waals surface area contributed by atoms with Gasteiger partial charge in [0, 0.05) is 24.8 Å². The number of aliphatic hydroxyl groups is 1. The van der Waals surface area contributed by atoms with Gasteiger partial charge in [0.1, 0.15) is 5.75 Å². The summed E-state index contributed by atoms with van der Waals surface area (Å²) < 4.78 is 41.0. The van der Waals surface area contributed by atoms with Crippen molar-refractivity contribution in [2.45, 2.75) is 25.2 Å². The molecule has 1 atom stereocenters. The largest absolute Gasteiger partial charge is 0.573 e. The molecule has 1 rings (SSSR count). The number of benzene rings is 1. The fourth-order valence-corrected chi connectivity index (χ4v) is 1.82. The molecule has 114 valence electrons. The van der Waals surface area contributed by atoms with Crippen LogP contribution in [0.2, 0.25) is 0 Å². The van der Waals surface area contributed by atoms with Gasteiger partial charge in [-0.1, -0.05) is 18.2 Å². The van der Waals surface area contributed by atoms with Gasteiger partial charge >= 0.3 is 6.36 Å². The summed E-state index contributed by atoms with van der Waals surface area (Å²) in [6.45, 7) is 0.795. The SMILES string of the molecule is NCC(NCCCCO)c1ccccc1OC(F)(F)F. The van der Waals surface area contributed by atoms with Crippen LogP contribution in [0.15, 0.2) is 24.3 Å². The number of ether oxygens (including phenoxy) is 1. The van der Waals surface area contributed by atoms with Crippen LogP contribution in [0.5, 0.6) is 5.75 Å². The predicted molar refractivity (Wildman–Crippen MR) is 69.2 cm³/mol. The first kappa shape index (κ1) is 16.7. The van der Waals surface area contributed by atoms with Crippen molar-refractivity contribution in [3.05, 3.63) is 29.8 Å². The Morgan fingerprint density at radius 1 is 1.25 bits per heavy atom. The van der Waals surface area contributed by atoms with Gasteiger partial charge in [-0.2, -0.15) is 0 Å². The van der Waals surface area contributed by atoms with E-state index in [4.69, 9.17) is 10.8 Å². The van der Waals surface area contributed by atoms with Crippen LogP contribution in [0, 0.1) is 0 Å². The van der Waals surface area contributed by atoms with Crippen LogP contribution >= 0.6 is 0 Å². The highest BCUT2D eigenvalue weighted by atomic mass is 19.4. The minimum atomic E-state index is -4.73. The molecule has 0 aromatic heterocycles. The molecule has 1 aromatic carbocycles. The molecule has 0 saturated carbocycles. The van der Waals surface area contributed by atoms with Crippen molar-refractivity contribution in [2.75, 3.05) is 19.7 Å². The molecular weight excluding hydrogens is 273 g/mol. The first-order chi connectivity index (χ1) is 9.48. The fraction of sp³-hybridized carbons (Fsp3) is 0.538. The third-order valence-electron chi connectivity index (χ3n) is 2.73. The topological polar surface area (TPSA) is 67.5 Å². The molecule has 0 bridgehead atoms. The van der Waals surface area contributed by atoms with Crippen molar-refractivity contribution in [3.63, 3.8) is 0 Å². The number of hydrogen-bond donors (Lipinski definition) is 3. The lowest BCUT2D eigenvalue weighted by molar-refractivity contribution is -0.275. The van der Waals surface area contributed by atoms with Gasteiger partial charge in [0.05, 0.1) is 0 Å². The Labute approximate surface area is 115 Å². The third-order valence-corrected chi connectivity index (χ3v) is 2.73. The van der Waals surface area contributed by atoms with Gasteiger partial charge < -0.3 is 20.9 Å². The maximum absolute atomic E-state index is 12.3. The number of para-hydroxylation sites is 1. The number of nitrogens with two attached hydrogens (primary N) is 1. The minimum absolute atomic E-state index is 0.0861. The van der Waals surface area contributed by atoms with Crippen molar-refractivity contribution in [3.8, 4) is 5.75 Å². The minimum Gasteiger partial charge on any atom is -0.405 e. The van der Waals surface area contributed by atoms with Gasteiger partial charge in [-0.25, -0.2) is 0 Å². The van der Waals surface area contributed by atoms with Crippen LogP contribution in [0.4, 0.5) is 13.2 Å². The second-order valence-corrected chi connectivity index (χ2v) is 4.26. The number of alkyl halides is 3. The zero-order valence-electron chi connectivity index (χ0n) is 11.0. The van der Waals surface area contributed by atoms with Crippen LogP contribution in [0.25, 0.3) is 0 Å². The van der Waals surface area contributed by atoms with Crippen molar-refractivity contribution in [2.24, 2.45) is 5.73 Å². The molecule has 1 unspecified atom stereocenters. The molecule has 7 heteroatoms. The number of halogens is 3. The summed E-state index contributed by atoms with van der Waals surface area (Å²) in [5, 5.41) is 11.7. The second kappa shape index (κ2) is 8.08. The van der Waals surface area contributed by atoms with Gasteiger partial charge in [0.15, 0.2) is 0 Å². The number of nitrogens with one attached hydrogen (secondary N) is 1. The predicted octanol–water partition coefficient (Wildman–Crippen LogP) is 1.95. The van der Waals surface area contributed by atoms with E-state index in [2.05, 4.69) is 10.1 Å². The van der Waals surface area contributed by atoms with E-state index >= 15 is 0 Å². The van der Waals surface area contributed by atoms with E-state index in [0.29, 0.717) is 18.5 Å². The van der Waals surface area contributed by atoms with Crippen molar-refractivity contribution in [1.29, 1.82) is 0 Å². The summed E-state index contributed by atoms with van der Waals surface area (Å²) >= 11 is 0. The Morgan fingerprint density at radius 2 is 1.95 bits per heavy atom. The summed E-state index contributed by atoms with van der Waals surface area (Å²) in [6.07, 6.45) is -3.38. The zero-order valence-corrected chi connectivity index (χ0v) is 11.0. The number of unbranched alkanes of at least 4 members (excludes halogenated alkanes) is 1. The highest BCUT2D eigenvalue weighted by molar-refractivity contribution is 5.36. The van der Waals surface area contributed by atoms with E-state index in [9.17, 15) is 13.2 Å². The molecule has 4 nitrogen and oxygen atoms in total. The van der Waals surface area contributed by atoms with Gasteiger partial charge in [-0.15, -0.1) is 13.2 Å². The summed E-state index contributed by atoms with van der Waals surface area (Å²) in [7, 11) is 0. The van der Waals surface area contributed by atoms with Crippen LogP contribution in [-0.4, -0.2) is 31.2 Å². The third kappa shape index (κ3) is 5.77. The first-order valence-electron chi connectivity index (χ1n) is 6.37. The lowest BCUT2D eigenvalue weighted by Crippen LogP contribution is -2.30. The molecule has 0 saturated heterocycles. The van der Waals surface area contributed by atoms with Crippen LogP contribution < -0.4 is 15.8 Å². The van der Waals surface area contributed by atoms with Crippen LogP contribution in [0.1, 0.15) is 24.4 Å². The summed E-state index contributed by atoms with van der Waals surface area (Å²) in [5.74, 6) is -0.245. The Kier molecular flexibility index (Phi) is 6.77. The van der Waals surface area contributed by atoms with Crippen molar-refractivity contribution in [1.82, 2.24) is 5.32 Å². The Bertz CT molecular complexity index is 399. The van der Waals surface area contributed by atoms with E-state index in [-0.39, 0.29) is 18.9 Å². The molecule has 0 fully saturated rings. The lowest BCUT2D eigenvalue weighted by Gasteiger charge is -2.21. The van der Waals surface area contributed by atoms with Crippen molar-refractivity contribution < 1.29 is 23.0 Å². The molecular formula is C13H19F3N2O2. The average molecular weight is 292 g/mol. The molecule has 4 N–H and O–H groups in total. The van der Waals surface area contributed by atoms with Gasteiger partial charge in [-0.05, 0) is 25.5 Å². The highest BCUT2D eigenvalue weighted by Crippen LogP contribution is 2.29. The lowest BCUT2D eigenvalue weighted by atomic mass is 10.1. The molecule has 0 amide bonds. The van der Waals surface area contributed by atoms with Crippen LogP contribution in [0.3, 0.4) is 0 Å². The van der Waals surface area contributed by atoms with Gasteiger partial charge in [-0.3, -0.25) is 0 Å². The zero-order chi connectivity index (χ0) is 15.0. The van der Waals surface area contributed by atoms with Crippen molar-refractivity contribution >= 4 is 0 Å². The average Bonchev–Trinajstić information content (AvgIpc) is 2.38. The fourth-order valence-electron chi connectivity index (χ4n) is 1.82. The van der Waals surface area contributed by atoms with Gasteiger partial charge in [0.2, 0.25) is 0 Å². The molecule has 20 heavy (non-hydrogen) atoms. The molecule has 0 aliphatic heterocycles. The monoisotopic (exact) mass is 292 g/mol. The molecule has 0 heterocycles. The van der Waals surface area contributed by atoms with E-state index in [1.807, 2.05) is 0 Å². The van der Waals surface area contributed by atoms with Crippen LogP contribution in [-0.2, 0) is 0 Å². The number of hydrogen-bond acceptors (Lipinski definition) is 4. The van der Waals surface area contributed by atoms with Gasteiger partial charge in [0.25, 0.3) is 0 Å². The first-order valence-corrected chi connectivity index (χ1v) is 6.37. The van der Waals surface area contributed by atoms with E-state index in [1.54, 1.807) is 12.1 Å². The highest BCUT2D eigenvalue weighted by Gasteiger charge is 2.32. The Balaban J connectivity index is 2.75. The molecule has 1 aromatic rings. The smallest absolute Gasteiger partial charge is 0.405 e. The summed E-state index contributed by atoms with van der Waals surface area (Å²) in [4.78, 5) is 0. The quantitative estimate of drug-likeness (QED) is 0.641. The number of rotatable bonds is 8. The molecule has 0 spiro atoms.